The third kappa shape index (κ3) is 4.63. The van der Waals surface area contributed by atoms with Gasteiger partial charge in [0.1, 0.15) is 22.8 Å². The summed E-state index contributed by atoms with van der Waals surface area (Å²) in [5.74, 6) is -6.54. The fourth-order valence-corrected chi connectivity index (χ4v) is 5.65. The van der Waals surface area contributed by atoms with E-state index in [0.29, 0.717) is 5.56 Å². The Hall–Kier alpha value is -3.50. The lowest BCUT2D eigenvalue weighted by Crippen LogP contribution is -2.65. The largest absolute Gasteiger partial charge is 0.508 e. The van der Waals surface area contributed by atoms with Crippen LogP contribution >= 0.6 is 0 Å². The van der Waals surface area contributed by atoms with Crippen molar-refractivity contribution < 1.29 is 52.3 Å². The summed E-state index contributed by atoms with van der Waals surface area (Å²) in [6.45, 7) is 0. The number of rotatable bonds is 3. The van der Waals surface area contributed by atoms with E-state index in [1.165, 1.54) is 11.0 Å². The molecule has 4 atom stereocenters. The van der Waals surface area contributed by atoms with Crippen molar-refractivity contribution >= 4 is 39.3 Å². The maximum Gasteiger partial charge on any atom is 0.394 e. The van der Waals surface area contributed by atoms with Crippen LogP contribution in [0.25, 0.3) is 5.76 Å². The monoisotopic (exact) mass is 555 g/mol. The molecule has 0 radical (unpaired) electrons. The Morgan fingerprint density at radius 3 is 2.11 bits per heavy atom. The topological polar surface area (TPSA) is 239 Å². The van der Waals surface area contributed by atoms with Gasteiger partial charge in [-0.3, -0.25) is 28.4 Å². The summed E-state index contributed by atoms with van der Waals surface area (Å²) in [5.41, 5.74) is 3.15. The Morgan fingerprint density at radius 2 is 1.63 bits per heavy atom. The maximum absolute atomic E-state index is 13.7. The van der Waals surface area contributed by atoms with E-state index in [0.717, 1.165) is 5.69 Å². The van der Waals surface area contributed by atoms with Crippen molar-refractivity contribution in [1.82, 2.24) is 4.90 Å². The second-order valence-electron chi connectivity index (χ2n) is 9.76. The van der Waals surface area contributed by atoms with Crippen molar-refractivity contribution in [1.29, 1.82) is 0 Å². The number of hydrogen-bond acceptors (Lipinski definition) is 11. The van der Waals surface area contributed by atoms with Crippen LogP contribution in [0.1, 0.15) is 17.5 Å². The Labute approximate surface area is 217 Å². The van der Waals surface area contributed by atoms with Gasteiger partial charge in [-0.2, -0.15) is 8.42 Å². The van der Waals surface area contributed by atoms with E-state index in [1.54, 1.807) is 20.2 Å². The number of phenolic OH excluding ortho intramolecular Hbond substituents is 1. The number of Topliss-reactive ketones (excluding diaryl/α,β-unsaturated/α-hetero) is 2. The summed E-state index contributed by atoms with van der Waals surface area (Å²) < 4.78 is 31.6. The standard InChI is InChI=1S/C23H27N3O7.H2O4S/c1-25(2)12-5-6-13(27)15-10(12)7-9-8-11-17(26(3)4)19(29)16(22(24)32)21(31)23(11,33)20(30)14(9)18(15)28;1-5(2,3)4/h5-6,9,11,17,27-28,31,33H,7-8H2,1-4H3,(H2,24,32);(H2,1,2,3,4)/t9-,11-,17-,23-;/m0./s1. The van der Waals surface area contributed by atoms with Crippen molar-refractivity contribution in [2.45, 2.75) is 24.5 Å². The van der Waals surface area contributed by atoms with Crippen molar-refractivity contribution in [3.63, 3.8) is 0 Å². The van der Waals surface area contributed by atoms with Crippen LogP contribution < -0.4 is 10.6 Å². The van der Waals surface area contributed by atoms with Crippen molar-refractivity contribution in [3.8, 4) is 5.75 Å². The van der Waals surface area contributed by atoms with E-state index < -0.39 is 68.4 Å². The summed E-state index contributed by atoms with van der Waals surface area (Å²) in [4.78, 5) is 42.0. The highest BCUT2D eigenvalue weighted by atomic mass is 32.3. The zero-order valence-corrected chi connectivity index (χ0v) is 21.7. The summed E-state index contributed by atoms with van der Waals surface area (Å²) in [6, 6.07) is 2.01. The molecule has 38 heavy (non-hydrogen) atoms. The number of aromatic hydroxyl groups is 1. The van der Waals surface area contributed by atoms with Gasteiger partial charge in [0.15, 0.2) is 11.4 Å². The van der Waals surface area contributed by atoms with Crippen LogP contribution in [0.5, 0.6) is 5.75 Å². The third-order valence-electron chi connectivity index (χ3n) is 7.06. The van der Waals surface area contributed by atoms with Gasteiger partial charge in [-0.1, -0.05) is 0 Å². The average molecular weight is 556 g/mol. The highest BCUT2D eigenvalue weighted by molar-refractivity contribution is 7.79. The molecule has 1 amide bonds. The molecule has 3 aliphatic carbocycles. The van der Waals surface area contributed by atoms with Crippen molar-refractivity contribution in [3.05, 3.63) is 40.2 Å². The van der Waals surface area contributed by atoms with E-state index in [1.807, 2.05) is 19.0 Å². The Kier molecular flexibility index (Phi) is 7.39. The number of aliphatic hydroxyl groups is 3. The van der Waals surface area contributed by atoms with Gasteiger partial charge in [0, 0.05) is 31.3 Å². The fraction of sp³-hybridized carbons (Fsp3) is 0.435. The summed E-state index contributed by atoms with van der Waals surface area (Å²) in [5, 5.41) is 43.9. The fourth-order valence-electron chi connectivity index (χ4n) is 5.65. The molecule has 0 unspecified atom stereocenters. The van der Waals surface area contributed by atoms with Gasteiger partial charge in [0.05, 0.1) is 11.6 Å². The first-order valence-corrected chi connectivity index (χ1v) is 12.6. The number of anilines is 1. The molecule has 4 rings (SSSR count). The quantitative estimate of drug-likeness (QED) is 0.182. The molecule has 0 saturated heterocycles. The normalized spacial score (nSPS) is 26.8. The molecule has 8 N–H and O–H groups in total. The van der Waals surface area contributed by atoms with Crippen LogP contribution in [0.2, 0.25) is 0 Å². The molecule has 1 saturated carbocycles. The molecule has 3 aliphatic rings. The number of aliphatic hydroxyl groups excluding tert-OH is 2. The highest BCUT2D eigenvalue weighted by Gasteiger charge is 2.64. The molecule has 0 heterocycles. The van der Waals surface area contributed by atoms with Crippen LogP contribution in [0.3, 0.4) is 0 Å². The minimum Gasteiger partial charge on any atom is -0.508 e. The van der Waals surface area contributed by atoms with Gasteiger partial charge in [-0.25, -0.2) is 0 Å². The van der Waals surface area contributed by atoms with Gasteiger partial charge in [0.25, 0.3) is 5.91 Å². The smallest absolute Gasteiger partial charge is 0.394 e. The number of nitrogens with zero attached hydrogens (tertiary/aromatic N) is 2. The minimum atomic E-state index is -4.67. The van der Waals surface area contributed by atoms with Crippen LogP contribution in [0.15, 0.2) is 29.0 Å². The van der Waals surface area contributed by atoms with Gasteiger partial charge >= 0.3 is 10.4 Å². The summed E-state index contributed by atoms with van der Waals surface area (Å²) in [7, 11) is 2.08. The molecule has 1 aromatic carbocycles. The summed E-state index contributed by atoms with van der Waals surface area (Å²) in [6.07, 6.45) is 0.324. The Balaban J connectivity index is 0.000000732. The maximum atomic E-state index is 13.7. The lowest BCUT2D eigenvalue weighted by atomic mass is 9.57. The lowest BCUT2D eigenvalue weighted by molar-refractivity contribution is -0.153. The van der Waals surface area contributed by atoms with Crippen molar-refractivity contribution in [2.24, 2.45) is 17.6 Å². The third-order valence-corrected chi connectivity index (χ3v) is 7.06. The predicted molar refractivity (Wildman–Crippen MR) is 133 cm³/mol. The second-order valence-corrected chi connectivity index (χ2v) is 10.7. The number of nitrogens with two attached hydrogens (primary N) is 1. The Morgan fingerprint density at radius 1 is 1.08 bits per heavy atom. The zero-order chi connectivity index (χ0) is 29.1. The van der Waals surface area contributed by atoms with Gasteiger partial charge < -0.3 is 31.1 Å². The number of carbonyl (C=O) groups excluding carboxylic acids is 3. The molecule has 208 valence electrons. The number of carbonyl (C=O) groups is 3. The number of benzene rings is 1. The van der Waals surface area contributed by atoms with Crippen LogP contribution in [0.4, 0.5) is 5.69 Å². The number of likely N-dealkylation sites (N-methyl/N-ethyl adjacent to an activating group) is 1. The average Bonchev–Trinajstić information content (AvgIpc) is 2.74. The van der Waals surface area contributed by atoms with Gasteiger partial charge in [0.2, 0.25) is 5.78 Å². The molecule has 0 aromatic heterocycles. The SMILES string of the molecule is CN(C)c1ccc(O)c2c1C[C@H]1C[C@H]3[C@H](N(C)C)C(=O)C(C(N)=O)=C(O)[C@@]3(O)C(=O)C1=C2O.O=S(=O)(O)O. The first kappa shape index (κ1) is 29.1. The highest BCUT2D eigenvalue weighted by Crippen LogP contribution is 2.53. The molecule has 1 fully saturated rings. The molecular formula is C23H29N3O11S. The van der Waals surface area contributed by atoms with E-state index >= 15 is 0 Å². The van der Waals surface area contributed by atoms with E-state index in [4.69, 9.17) is 23.3 Å². The Bertz CT molecular complexity index is 1390. The van der Waals surface area contributed by atoms with Crippen molar-refractivity contribution in [2.75, 3.05) is 33.1 Å². The number of fused-ring (bicyclic) bond motifs is 3. The van der Waals surface area contributed by atoms with E-state index in [2.05, 4.69) is 0 Å². The van der Waals surface area contributed by atoms with Crippen LogP contribution in [-0.4, -0.2) is 100 Å². The second kappa shape index (κ2) is 9.67. The number of hydrogen-bond donors (Lipinski definition) is 7. The molecule has 1 aromatic rings. The molecule has 0 aliphatic heterocycles. The molecule has 15 heteroatoms. The first-order valence-electron chi connectivity index (χ1n) is 11.2. The molecule has 14 nitrogen and oxygen atoms in total. The van der Waals surface area contributed by atoms with Crippen LogP contribution in [0, 0.1) is 11.8 Å². The summed E-state index contributed by atoms with van der Waals surface area (Å²) >= 11 is 0. The molecule has 0 bridgehead atoms. The lowest BCUT2D eigenvalue weighted by Gasteiger charge is -2.50. The van der Waals surface area contributed by atoms with E-state index in [-0.39, 0.29) is 29.7 Å². The van der Waals surface area contributed by atoms with E-state index in [9.17, 15) is 34.8 Å². The molecular weight excluding hydrogens is 526 g/mol. The van der Waals surface area contributed by atoms with Gasteiger partial charge in [-0.15, -0.1) is 0 Å². The zero-order valence-electron chi connectivity index (χ0n) is 20.9. The van der Waals surface area contributed by atoms with Gasteiger partial charge in [-0.05, 0) is 50.6 Å². The number of primary amides is 1. The number of phenols is 1. The number of ketones is 2. The predicted octanol–water partition coefficient (Wildman–Crippen LogP) is -0.623. The first-order chi connectivity index (χ1) is 17.3. The van der Waals surface area contributed by atoms with Crippen LogP contribution in [-0.2, 0) is 31.2 Å². The number of amides is 1. The molecule has 0 spiro atoms. The minimum absolute atomic E-state index is 0.0638.